The Labute approximate surface area is 102 Å². The van der Waals surface area contributed by atoms with E-state index in [-0.39, 0.29) is 5.41 Å². The van der Waals surface area contributed by atoms with E-state index in [0.29, 0.717) is 17.7 Å². The van der Waals surface area contributed by atoms with Crippen LogP contribution in [0.15, 0.2) is 12.4 Å². The maximum atomic E-state index is 6.06. The first kappa shape index (κ1) is 12.9. The van der Waals surface area contributed by atoms with E-state index < -0.39 is 0 Å². The largest absolute Gasteiger partial charge is 0.276 e. The molecule has 0 aromatic carbocycles. The summed E-state index contributed by atoms with van der Waals surface area (Å²) in [4.78, 5) is 0. The van der Waals surface area contributed by atoms with E-state index >= 15 is 0 Å². The van der Waals surface area contributed by atoms with Gasteiger partial charge in [-0.2, -0.15) is 5.10 Å². The number of rotatable bonds is 5. The fraction of sp³-hybridized carbons (Fsp3) is 0.727. The normalized spacial score (nSPS) is 12.4. The molecule has 0 unspecified atom stereocenters. The van der Waals surface area contributed by atoms with Gasteiger partial charge in [-0.1, -0.05) is 13.8 Å². The monoisotopic (exact) mass is 248 g/mol. The van der Waals surface area contributed by atoms with Crippen molar-refractivity contribution >= 4 is 23.2 Å². The molecule has 0 aliphatic rings. The Kier molecular flexibility index (Phi) is 4.47. The number of aryl methyl sites for hydroxylation is 1. The fourth-order valence-corrected chi connectivity index (χ4v) is 2.70. The zero-order valence-electron chi connectivity index (χ0n) is 9.50. The first-order chi connectivity index (χ1) is 7.04. The van der Waals surface area contributed by atoms with Gasteiger partial charge in [0.2, 0.25) is 0 Å². The van der Waals surface area contributed by atoms with E-state index in [4.69, 9.17) is 23.2 Å². The molecule has 1 aromatic heterocycles. The molecule has 86 valence electrons. The number of nitrogens with zero attached hydrogens (tertiary/aromatic N) is 2. The summed E-state index contributed by atoms with van der Waals surface area (Å²) < 4.78 is 1.81. The Morgan fingerprint density at radius 1 is 1.40 bits per heavy atom. The Hall–Kier alpha value is -0.210. The van der Waals surface area contributed by atoms with Crippen LogP contribution in [0.1, 0.15) is 19.4 Å². The van der Waals surface area contributed by atoms with Crippen molar-refractivity contribution in [2.45, 2.75) is 20.3 Å². The quantitative estimate of drug-likeness (QED) is 0.733. The molecule has 0 aliphatic carbocycles. The minimum atomic E-state index is -0.0217. The Balaban J connectivity index is 2.83. The lowest BCUT2D eigenvalue weighted by Gasteiger charge is -2.33. The zero-order valence-corrected chi connectivity index (χ0v) is 11.0. The van der Waals surface area contributed by atoms with Crippen LogP contribution in [0.5, 0.6) is 0 Å². The maximum Gasteiger partial charge on any atom is 0.0521 e. The van der Waals surface area contributed by atoms with E-state index in [1.54, 1.807) is 0 Å². The number of alkyl halides is 2. The van der Waals surface area contributed by atoms with Crippen LogP contribution in [-0.4, -0.2) is 21.5 Å². The van der Waals surface area contributed by atoms with Gasteiger partial charge in [-0.25, -0.2) is 0 Å². The molecule has 0 saturated heterocycles. The average molecular weight is 249 g/mol. The highest BCUT2D eigenvalue weighted by molar-refractivity contribution is 6.21. The molecule has 1 aromatic rings. The Morgan fingerprint density at radius 3 is 2.33 bits per heavy atom. The van der Waals surface area contributed by atoms with E-state index in [0.717, 1.165) is 6.42 Å². The van der Waals surface area contributed by atoms with E-state index in [1.165, 1.54) is 5.56 Å². The van der Waals surface area contributed by atoms with Crippen LogP contribution < -0.4 is 0 Å². The van der Waals surface area contributed by atoms with Crippen LogP contribution in [0, 0.1) is 11.3 Å². The molecule has 0 fully saturated rings. The standard InChI is InChI=1S/C11H18Cl2N2/c1-9(2)11(7-12,8-13)4-10-5-14-15(3)6-10/h5-6,9H,4,7-8H2,1-3H3. The van der Waals surface area contributed by atoms with Crippen molar-refractivity contribution < 1.29 is 0 Å². The van der Waals surface area contributed by atoms with Crippen LogP contribution in [0.4, 0.5) is 0 Å². The van der Waals surface area contributed by atoms with E-state index in [2.05, 4.69) is 18.9 Å². The highest BCUT2D eigenvalue weighted by Crippen LogP contribution is 2.34. The van der Waals surface area contributed by atoms with Crippen molar-refractivity contribution in [3.63, 3.8) is 0 Å². The zero-order chi connectivity index (χ0) is 11.5. The van der Waals surface area contributed by atoms with Gasteiger partial charge in [0.1, 0.15) is 0 Å². The van der Waals surface area contributed by atoms with Crippen molar-refractivity contribution in [3.8, 4) is 0 Å². The first-order valence-corrected chi connectivity index (χ1v) is 6.20. The molecule has 0 spiro atoms. The van der Waals surface area contributed by atoms with Crippen LogP contribution >= 0.6 is 23.2 Å². The van der Waals surface area contributed by atoms with E-state index in [1.807, 2.05) is 24.1 Å². The van der Waals surface area contributed by atoms with Crippen LogP contribution in [-0.2, 0) is 13.5 Å². The van der Waals surface area contributed by atoms with E-state index in [9.17, 15) is 0 Å². The van der Waals surface area contributed by atoms with Gasteiger partial charge in [0, 0.05) is 30.4 Å². The van der Waals surface area contributed by atoms with Crippen LogP contribution in [0.3, 0.4) is 0 Å². The molecule has 0 atom stereocenters. The average Bonchev–Trinajstić information content (AvgIpc) is 2.60. The molecule has 0 radical (unpaired) electrons. The van der Waals surface area contributed by atoms with Crippen molar-refractivity contribution in [1.82, 2.24) is 9.78 Å². The third-order valence-electron chi connectivity index (χ3n) is 3.07. The van der Waals surface area contributed by atoms with Gasteiger partial charge in [-0.15, -0.1) is 23.2 Å². The molecule has 0 saturated carbocycles. The minimum Gasteiger partial charge on any atom is -0.276 e. The predicted molar refractivity (Wildman–Crippen MR) is 65.6 cm³/mol. The lowest BCUT2D eigenvalue weighted by molar-refractivity contribution is 0.259. The van der Waals surface area contributed by atoms with Gasteiger partial charge in [0.05, 0.1) is 6.20 Å². The molecule has 0 bridgehead atoms. The lowest BCUT2D eigenvalue weighted by Crippen LogP contribution is -2.33. The predicted octanol–water partition coefficient (Wildman–Crippen LogP) is 3.08. The topological polar surface area (TPSA) is 17.8 Å². The first-order valence-electron chi connectivity index (χ1n) is 5.13. The highest BCUT2D eigenvalue weighted by Gasteiger charge is 2.32. The molecule has 0 N–H and O–H groups in total. The summed E-state index contributed by atoms with van der Waals surface area (Å²) in [6.45, 7) is 4.34. The molecular weight excluding hydrogens is 231 g/mol. The second kappa shape index (κ2) is 5.22. The number of halogens is 2. The SMILES string of the molecule is CC(C)C(CCl)(CCl)Cc1cnn(C)c1. The summed E-state index contributed by atoms with van der Waals surface area (Å²) in [5, 5.41) is 4.16. The Bertz CT molecular complexity index is 303. The molecular formula is C11H18Cl2N2. The second-order valence-electron chi connectivity index (χ2n) is 4.48. The van der Waals surface area contributed by atoms with Gasteiger partial charge in [0.15, 0.2) is 0 Å². The second-order valence-corrected chi connectivity index (χ2v) is 5.02. The van der Waals surface area contributed by atoms with Crippen molar-refractivity contribution in [3.05, 3.63) is 18.0 Å². The fourth-order valence-electron chi connectivity index (χ4n) is 1.61. The van der Waals surface area contributed by atoms with Crippen molar-refractivity contribution in [1.29, 1.82) is 0 Å². The third-order valence-corrected chi connectivity index (χ3v) is 4.14. The van der Waals surface area contributed by atoms with Crippen LogP contribution in [0.2, 0.25) is 0 Å². The molecule has 0 aliphatic heterocycles. The number of hydrogen-bond donors (Lipinski definition) is 0. The Morgan fingerprint density at radius 2 is 2.00 bits per heavy atom. The molecule has 0 amide bonds. The van der Waals surface area contributed by atoms with Gasteiger partial charge < -0.3 is 0 Å². The van der Waals surface area contributed by atoms with Gasteiger partial charge in [-0.05, 0) is 17.9 Å². The van der Waals surface area contributed by atoms with Gasteiger partial charge in [-0.3, -0.25) is 4.68 Å². The summed E-state index contributed by atoms with van der Waals surface area (Å²) >= 11 is 12.1. The molecule has 1 rings (SSSR count). The molecule has 2 nitrogen and oxygen atoms in total. The maximum absolute atomic E-state index is 6.06. The highest BCUT2D eigenvalue weighted by atomic mass is 35.5. The molecule has 4 heteroatoms. The van der Waals surface area contributed by atoms with Crippen molar-refractivity contribution in [2.24, 2.45) is 18.4 Å². The summed E-state index contributed by atoms with van der Waals surface area (Å²) in [5.74, 6) is 1.64. The minimum absolute atomic E-state index is 0.0217. The molecule has 15 heavy (non-hydrogen) atoms. The smallest absolute Gasteiger partial charge is 0.0521 e. The number of aromatic nitrogens is 2. The number of hydrogen-bond acceptors (Lipinski definition) is 1. The lowest BCUT2D eigenvalue weighted by atomic mass is 9.76. The summed E-state index contributed by atoms with van der Waals surface area (Å²) in [6.07, 6.45) is 4.80. The van der Waals surface area contributed by atoms with Crippen LogP contribution in [0.25, 0.3) is 0 Å². The van der Waals surface area contributed by atoms with Gasteiger partial charge in [0.25, 0.3) is 0 Å². The summed E-state index contributed by atoms with van der Waals surface area (Å²) in [6, 6.07) is 0. The summed E-state index contributed by atoms with van der Waals surface area (Å²) in [7, 11) is 1.92. The van der Waals surface area contributed by atoms with Gasteiger partial charge >= 0.3 is 0 Å². The molecule has 1 heterocycles. The third kappa shape index (κ3) is 2.88. The van der Waals surface area contributed by atoms with Crippen molar-refractivity contribution in [2.75, 3.05) is 11.8 Å². The summed E-state index contributed by atoms with van der Waals surface area (Å²) in [5.41, 5.74) is 1.18.